The zero-order valence-corrected chi connectivity index (χ0v) is 13.1. The Morgan fingerprint density at radius 2 is 1.57 bits per heavy atom. The maximum atomic E-state index is 5.98. The summed E-state index contributed by atoms with van der Waals surface area (Å²) in [5.74, 6) is 0. The van der Waals surface area contributed by atoms with E-state index >= 15 is 0 Å². The Hall–Kier alpha value is 0.354. The minimum atomic E-state index is -1.01. The summed E-state index contributed by atoms with van der Waals surface area (Å²) in [6.07, 6.45) is 0.382. The zero-order valence-electron chi connectivity index (χ0n) is 10.8. The first-order valence-corrected chi connectivity index (χ1v) is 10.4. The molecule has 0 radical (unpaired) electrons. The van der Waals surface area contributed by atoms with Crippen LogP contribution in [0.2, 0.25) is 18.8 Å². The van der Waals surface area contributed by atoms with E-state index in [2.05, 4.69) is 47.7 Å². The molecule has 0 aliphatic carbocycles. The molecular weight excluding hydrogens is 208 g/mol. The lowest BCUT2D eigenvalue weighted by Crippen LogP contribution is -2.33. The van der Waals surface area contributed by atoms with Gasteiger partial charge in [0.15, 0.2) is 18.1 Å². The fraction of sp³-hybridized carbons (Fsp3) is 1.00. The predicted octanol–water partition coefficient (Wildman–Crippen LogP) is 2.47. The molecule has 2 nitrogen and oxygen atoms in total. The molecule has 2 atom stereocenters. The highest BCUT2D eigenvalue weighted by Crippen LogP contribution is 2.12. The van der Waals surface area contributed by atoms with Crippen LogP contribution in [0.5, 0.6) is 0 Å². The van der Waals surface area contributed by atoms with E-state index in [1.54, 1.807) is 0 Å². The van der Waals surface area contributed by atoms with Gasteiger partial charge in [0, 0.05) is 11.7 Å². The molecule has 0 rings (SSSR count). The molecule has 0 aromatic heterocycles. The average molecular weight is 234 g/mol. The van der Waals surface area contributed by atoms with Crippen LogP contribution in [0.25, 0.3) is 0 Å². The number of rotatable bonds is 5. The first-order chi connectivity index (χ1) is 6.20. The molecule has 0 N–H and O–H groups in total. The highest BCUT2D eigenvalue weighted by molar-refractivity contribution is 6.70. The van der Waals surface area contributed by atoms with E-state index in [0.29, 0.717) is 6.10 Å². The van der Waals surface area contributed by atoms with E-state index in [-0.39, 0.29) is 5.60 Å². The first kappa shape index (κ1) is 14.4. The fourth-order valence-electron chi connectivity index (χ4n) is 1.64. The lowest BCUT2D eigenvalue weighted by Gasteiger charge is -2.26. The Bertz CT molecular complexity index is 155. The van der Waals surface area contributed by atoms with E-state index in [1.165, 1.54) is 5.67 Å². The Morgan fingerprint density at radius 1 is 1.07 bits per heavy atom. The topological polar surface area (TPSA) is 18.5 Å². The van der Waals surface area contributed by atoms with Crippen molar-refractivity contribution in [2.75, 3.05) is 0 Å². The quantitative estimate of drug-likeness (QED) is 0.681. The predicted molar refractivity (Wildman–Crippen MR) is 67.9 cm³/mol. The highest BCUT2D eigenvalue weighted by atomic mass is 28.4. The summed E-state index contributed by atoms with van der Waals surface area (Å²) >= 11 is 0. The molecule has 0 saturated carbocycles. The largest absolute Gasteiger partial charge is 0.418 e. The van der Waals surface area contributed by atoms with Gasteiger partial charge in [-0.1, -0.05) is 0 Å². The Labute approximate surface area is 92.5 Å². The van der Waals surface area contributed by atoms with Gasteiger partial charge >= 0.3 is 0 Å². The van der Waals surface area contributed by atoms with Gasteiger partial charge in [-0.3, -0.25) is 0 Å². The summed E-state index contributed by atoms with van der Waals surface area (Å²) in [6.45, 7) is 15.2. The zero-order chi connectivity index (χ0) is 11.4. The second kappa shape index (κ2) is 6.05. The van der Waals surface area contributed by atoms with Gasteiger partial charge in [0.1, 0.15) is 0 Å². The minimum absolute atomic E-state index is 0.0254. The lowest BCUT2D eigenvalue weighted by molar-refractivity contribution is 0.130. The van der Waals surface area contributed by atoms with Crippen molar-refractivity contribution in [3.8, 4) is 0 Å². The summed E-state index contributed by atoms with van der Waals surface area (Å²) < 4.78 is 11.8. The van der Waals surface area contributed by atoms with Gasteiger partial charge in [-0.2, -0.15) is 0 Å². The highest BCUT2D eigenvalue weighted by Gasteiger charge is 2.20. The molecule has 0 aliphatic rings. The van der Waals surface area contributed by atoms with Crippen LogP contribution in [0.4, 0.5) is 0 Å². The van der Waals surface area contributed by atoms with Crippen LogP contribution in [0.1, 0.15) is 34.6 Å². The SMILES string of the molecule is CC(C)O[SiH](C)C[SiH](C)OC(C)(C)C. The van der Waals surface area contributed by atoms with Crippen molar-refractivity contribution < 1.29 is 8.85 Å². The van der Waals surface area contributed by atoms with Crippen LogP contribution < -0.4 is 0 Å². The molecule has 0 heterocycles. The van der Waals surface area contributed by atoms with Crippen molar-refractivity contribution in [2.45, 2.75) is 65.1 Å². The third-order valence-electron chi connectivity index (χ3n) is 1.72. The third kappa shape index (κ3) is 8.93. The van der Waals surface area contributed by atoms with Gasteiger partial charge in [0.2, 0.25) is 0 Å². The first-order valence-electron chi connectivity index (χ1n) is 5.54. The van der Waals surface area contributed by atoms with E-state index in [0.717, 1.165) is 0 Å². The van der Waals surface area contributed by atoms with Gasteiger partial charge in [-0.15, -0.1) is 0 Å². The Balaban J connectivity index is 3.76. The van der Waals surface area contributed by atoms with Crippen LogP contribution in [0, 0.1) is 0 Å². The van der Waals surface area contributed by atoms with Crippen LogP contribution in [-0.2, 0) is 8.85 Å². The van der Waals surface area contributed by atoms with Crippen molar-refractivity contribution in [2.24, 2.45) is 0 Å². The van der Waals surface area contributed by atoms with E-state index in [4.69, 9.17) is 8.85 Å². The maximum Gasteiger partial charge on any atom is 0.174 e. The Kier molecular flexibility index (Phi) is 6.20. The third-order valence-corrected chi connectivity index (χ3v) is 9.15. The minimum Gasteiger partial charge on any atom is -0.418 e. The van der Waals surface area contributed by atoms with Crippen LogP contribution in [0.15, 0.2) is 0 Å². The molecule has 0 aromatic carbocycles. The van der Waals surface area contributed by atoms with Gasteiger partial charge in [0.25, 0.3) is 0 Å². The number of hydrogen-bond donors (Lipinski definition) is 0. The standard InChI is InChI=1S/C10H26O2Si2/c1-9(2)11-13(6)8-14(7)12-10(3,4)5/h9,13-14H,8H2,1-7H3. The molecule has 0 aliphatic heterocycles. The fourth-order valence-corrected chi connectivity index (χ4v) is 8.34. The molecule has 2 unspecified atom stereocenters. The molecule has 0 spiro atoms. The molecule has 86 valence electrons. The van der Waals surface area contributed by atoms with Crippen molar-refractivity contribution >= 4 is 18.1 Å². The number of hydrogen-bond acceptors (Lipinski definition) is 2. The van der Waals surface area contributed by atoms with Crippen LogP contribution >= 0.6 is 0 Å². The van der Waals surface area contributed by atoms with Crippen molar-refractivity contribution in [3.05, 3.63) is 0 Å². The molecule has 14 heavy (non-hydrogen) atoms. The summed E-state index contributed by atoms with van der Waals surface area (Å²) in [7, 11) is -1.98. The monoisotopic (exact) mass is 234 g/mol. The van der Waals surface area contributed by atoms with Crippen molar-refractivity contribution in [1.82, 2.24) is 0 Å². The average Bonchev–Trinajstić information content (AvgIpc) is 1.77. The molecular formula is C10H26O2Si2. The van der Waals surface area contributed by atoms with Crippen LogP contribution in [-0.4, -0.2) is 29.8 Å². The summed E-state index contributed by atoms with van der Waals surface area (Å²) in [4.78, 5) is 0. The lowest BCUT2D eigenvalue weighted by atomic mass is 10.2. The molecule has 0 amide bonds. The van der Waals surface area contributed by atoms with E-state index in [1.807, 2.05) is 0 Å². The van der Waals surface area contributed by atoms with E-state index in [9.17, 15) is 0 Å². The summed E-state index contributed by atoms with van der Waals surface area (Å²) in [5, 5.41) is 0. The normalized spacial score (nSPS) is 17.1. The van der Waals surface area contributed by atoms with Gasteiger partial charge in [0.05, 0.1) is 0 Å². The van der Waals surface area contributed by atoms with Gasteiger partial charge in [-0.25, -0.2) is 0 Å². The summed E-state index contributed by atoms with van der Waals surface area (Å²) in [5.41, 5.74) is 1.26. The molecule has 0 aromatic rings. The smallest absolute Gasteiger partial charge is 0.174 e. The second-order valence-electron chi connectivity index (χ2n) is 5.27. The molecule has 0 fully saturated rings. The Morgan fingerprint density at radius 3 is 1.93 bits per heavy atom. The molecule has 0 bridgehead atoms. The molecule has 4 heteroatoms. The summed E-state index contributed by atoms with van der Waals surface area (Å²) in [6, 6.07) is 0. The maximum absolute atomic E-state index is 5.98. The van der Waals surface area contributed by atoms with Gasteiger partial charge in [-0.05, 0) is 53.4 Å². The van der Waals surface area contributed by atoms with Crippen molar-refractivity contribution in [1.29, 1.82) is 0 Å². The van der Waals surface area contributed by atoms with Gasteiger partial charge < -0.3 is 8.85 Å². The van der Waals surface area contributed by atoms with E-state index < -0.39 is 18.1 Å². The van der Waals surface area contributed by atoms with Crippen LogP contribution in [0.3, 0.4) is 0 Å². The van der Waals surface area contributed by atoms with Crippen molar-refractivity contribution in [3.63, 3.8) is 0 Å². The molecule has 0 saturated heterocycles. The second-order valence-corrected chi connectivity index (χ2v) is 10.9.